The Morgan fingerprint density at radius 1 is 1.41 bits per heavy atom. The van der Waals surface area contributed by atoms with Gasteiger partial charge in [0.2, 0.25) is 0 Å². The molecule has 0 N–H and O–H groups in total. The highest BCUT2D eigenvalue weighted by Gasteiger charge is 2.20. The molecule has 0 amide bonds. The van der Waals surface area contributed by atoms with Crippen LogP contribution < -0.4 is 0 Å². The van der Waals surface area contributed by atoms with Crippen LogP contribution in [0.2, 0.25) is 0 Å². The maximum Gasteiger partial charge on any atom is 0.0950 e. The number of aromatic nitrogens is 2. The van der Waals surface area contributed by atoms with Gasteiger partial charge in [0.25, 0.3) is 0 Å². The maximum absolute atomic E-state index is 8.87. The normalized spacial score (nSPS) is 20.1. The highest BCUT2D eigenvalue weighted by Crippen LogP contribution is 2.08. The average Bonchev–Trinajstić information content (AvgIpc) is 2.75. The van der Waals surface area contributed by atoms with Gasteiger partial charge >= 0.3 is 0 Å². The van der Waals surface area contributed by atoms with Gasteiger partial charge in [-0.25, -0.2) is 0 Å². The highest BCUT2D eigenvalue weighted by atomic mass is 15.3. The summed E-state index contributed by atoms with van der Waals surface area (Å²) in [4.78, 5) is 4.62. The molecule has 5 heteroatoms. The summed E-state index contributed by atoms with van der Waals surface area (Å²) in [5.41, 5.74) is 1.12. The smallest absolute Gasteiger partial charge is 0.0950 e. The number of nitrogens with zero attached hydrogens (tertiary/aromatic N) is 5. The first-order valence-electron chi connectivity index (χ1n) is 6.03. The van der Waals surface area contributed by atoms with E-state index in [0.717, 1.165) is 38.4 Å². The molecule has 0 saturated carbocycles. The van der Waals surface area contributed by atoms with Crippen molar-refractivity contribution in [3.63, 3.8) is 0 Å². The first-order valence-corrected chi connectivity index (χ1v) is 6.03. The van der Waals surface area contributed by atoms with Gasteiger partial charge < -0.3 is 0 Å². The molecule has 1 aromatic heterocycles. The maximum atomic E-state index is 8.87. The minimum atomic E-state index is 0.0343. The van der Waals surface area contributed by atoms with E-state index in [4.69, 9.17) is 5.26 Å². The summed E-state index contributed by atoms with van der Waals surface area (Å²) in [5, 5.41) is 13.3. The summed E-state index contributed by atoms with van der Waals surface area (Å²) in [7, 11) is 1.94. The zero-order valence-corrected chi connectivity index (χ0v) is 10.5. The summed E-state index contributed by atoms with van der Waals surface area (Å²) in [6, 6.07) is 4.39. The lowest BCUT2D eigenvalue weighted by Crippen LogP contribution is -2.48. The number of rotatable bonds is 3. The minimum Gasteiger partial charge on any atom is -0.295 e. The van der Waals surface area contributed by atoms with E-state index >= 15 is 0 Å². The number of hydrogen-bond donors (Lipinski definition) is 0. The zero-order chi connectivity index (χ0) is 12.3. The molecule has 1 aliphatic heterocycles. The lowest BCUT2D eigenvalue weighted by molar-refractivity contribution is 0.113. The van der Waals surface area contributed by atoms with Crippen LogP contribution in [0.1, 0.15) is 12.6 Å². The van der Waals surface area contributed by atoms with Crippen molar-refractivity contribution in [3.8, 4) is 6.07 Å². The van der Waals surface area contributed by atoms with Crippen molar-refractivity contribution in [1.29, 1.82) is 5.26 Å². The van der Waals surface area contributed by atoms with E-state index in [1.807, 2.05) is 24.9 Å². The number of hydrogen-bond acceptors (Lipinski definition) is 4. The van der Waals surface area contributed by atoms with E-state index in [1.54, 1.807) is 0 Å². The van der Waals surface area contributed by atoms with Gasteiger partial charge in [0.15, 0.2) is 0 Å². The first-order chi connectivity index (χ1) is 8.19. The second kappa shape index (κ2) is 5.30. The third-order valence-electron chi connectivity index (χ3n) is 3.30. The van der Waals surface area contributed by atoms with E-state index in [9.17, 15) is 0 Å². The number of nitriles is 1. The number of piperazine rings is 1. The summed E-state index contributed by atoms with van der Waals surface area (Å²) in [6.07, 6.45) is 1.98. The van der Waals surface area contributed by atoms with Crippen molar-refractivity contribution in [2.24, 2.45) is 7.05 Å². The Morgan fingerprint density at radius 3 is 2.65 bits per heavy atom. The van der Waals surface area contributed by atoms with Crippen LogP contribution in [0, 0.1) is 11.3 Å². The SMILES string of the molecule is CC(C#N)N1CCN(Cc2ccn(C)n2)CC1. The van der Waals surface area contributed by atoms with Crippen molar-refractivity contribution < 1.29 is 0 Å². The molecule has 2 heterocycles. The molecule has 0 radical (unpaired) electrons. The van der Waals surface area contributed by atoms with Crippen LogP contribution in [-0.4, -0.2) is 51.8 Å². The van der Waals surface area contributed by atoms with E-state index in [1.165, 1.54) is 0 Å². The Balaban J connectivity index is 1.82. The van der Waals surface area contributed by atoms with E-state index < -0.39 is 0 Å². The van der Waals surface area contributed by atoms with Crippen molar-refractivity contribution in [2.75, 3.05) is 26.2 Å². The summed E-state index contributed by atoms with van der Waals surface area (Å²) in [5.74, 6) is 0. The van der Waals surface area contributed by atoms with Crippen LogP contribution >= 0.6 is 0 Å². The van der Waals surface area contributed by atoms with Crippen LogP contribution in [0.5, 0.6) is 0 Å². The van der Waals surface area contributed by atoms with Crippen LogP contribution in [0.25, 0.3) is 0 Å². The Kier molecular flexibility index (Phi) is 3.77. The van der Waals surface area contributed by atoms with Gasteiger partial charge in [0, 0.05) is 46.0 Å². The highest BCUT2D eigenvalue weighted by molar-refractivity contribution is 4.99. The molecule has 5 nitrogen and oxygen atoms in total. The predicted octanol–water partition coefficient (Wildman–Crippen LogP) is 0.450. The lowest BCUT2D eigenvalue weighted by Gasteiger charge is -2.35. The minimum absolute atomic E-state index is 0.0343. The molecular weight excluding hydrogens is 214 g/mol. The van der Waals surface area contributed by atoms with Crippen molar-refractivity contribution >= 4 is 0 Å². The molecule has 0 aliphatic carbocycles. The molecular formula is C12H19N5. The summed E-state index contributed by atoms with van der Waals surface area (Å²) in [6.45, 7) is 6.86. The predicted molar refractivity (Wildman–Crippen MR) is 65.1 cm³/mol. The molecule has 0 bridgehead atoms. The molecule has 1 aromatic rings. The van der Waals surface area contributed by atoms with Gasteiger partial charge in [0.05, 0.1) is 17.8 Å². The molecule has 1 fully saturated rings. The zero-order valence-electron chi connectivity index (χ0n) is 10.5. The average molecular weight is 233 g/mol. The third kappa shape index (κ3) is 3.05. The topological polar surface area (TPSA) is 48.1 Å². The second-order valence-electron chi connectivity index (χ2n) is 4.60. The fourth-order valence-electron chi connectivity index (χ4n) is 2.17. The van der Waals surface area contributed by atoms with E-state index in [2.05, 4.69) is 27.0 Å². The molecule has 0 spiro atoms. The second-order valence-corrected chi connectivity index (χ2v) is 4.60. The molecule has 92 valence electrons. The Bertz CT molecular complexity index is 397. The van der Waals surface area contributed by atoms with Crippen molar-refractivity contribution in [2.45, 2.75) is 19.5 Å². The van der Waals surface area contributed by atoms with Crippen LogP contribution in [0.3, 0.4) is 0 Å². The van der Waals surface area contributed by atoms with Crippen molar-refractivity contribution in [1.82, 2.24) is 19.6 Å². The van der Waals surface area contributed by atoms with Gasteiger partial charge in [-0.1, -0.05) is 0 Å². The fourth-order valence-corrected chi connectivity index (χ4v) is 2.17. The molecule has 1 atom stereocenters. The molecule has 17 heavy (non-hydrogen) atoms. The monoisotopic (exact) mass is 233 g/mol. The van der Waals surface area contributed by atoms with Crippen LogP contribution in [-0.2, 0) is 13.6 Å². The Labute approximate surface area is 102 Å². The van der Waals surface area contributed by atoms with Crippen molar-refractivity contribution in [3.05, 3.63) is 18.0 Å². The standard InChI is InChI=1S/C12H19N5/c1-11(9-13)17-7-5-16(6-8-17)10-12-3-4-15(2)14-12/h3-4,11H,5-8,10H2,1-2H3. The van der Waals surface area contributed by atoms with Gasteiger partial charge in [-0.05, 0) is 13.0 Å². The third-order valence-corrected chi connectivity index (χ3v) is 3.30. The van der Waals surface area contributed by atoms with E-state index in [-0.39, 0.29) is 6.04 Å². The number of aryl methyl sites for hydroxylation is 1. The van der Waals surface area contributed by atoms with Gasteiger partial charge in [-0.3, -0.25) is 14.5 Å². The largest absolute Gasteiger partial charge is 0.295 e. The lowest BCUT2D eigenvalue weighted by atomic mass is 10.2. The van der Waals surface area contributed by atoms with Gasteiger partial charge in [-0.15, -0.1) is 0 Å². The molecule has 0 aromatic carbocycles. The fraction of sp³-hybridized carbons (Fsp3) is 0.667. The first kappa shape index (κ1) is 12.1. The molecule has 2 rings (SSSR count). The summed E-state index contributed by atoms with van der Waals surface area (Å²) < 4.78 is 1.84. The summed E-state index contributed by atoms with van der Waals surface area (Å²) >= 11 is 0. The Hall–Kier alpha value is -1.38. The quantitative estimate of drug-likeness (QED) is 0.760. The van der Waals surface area contributed by atoms with Crippen LogP contribution in [0.4, 0.5) is 0 Å². The molecule has 1 saturated heterocycles. The molecule has 1 aliphatic rings. The van der Waals surface area contributed by atoms with E-state index in [0.29, 0.717) is 0 Å². The van der Waals surface area contributed by atoms with Gasteiger partial charge in [-0.2, -0.15) is 10.4 Å². The molecule has 1 unspecified atom stereocenters. The van der Waals surface area contributed by atoms with Crippen LogP contribution in [0.15, 0.2) is 12.3 Å². The van der Waals surface area contributed by atoms with Gasteiger partial charge in [0.1, 0.15) is 0 Å². The Morgan fingerprint density at radius 2 is 2.12 bits per heavy atom.